The summed E-state index contributed by atoms with van der Waals surface area (Å²) in [5.74, 6) is 0.325. The molecule has 6 heterocycles. The first-order valence-corrected chi connectivity index (χ1v) is 13.6. The molecular weight excluding hydrogens is 492 g/mol. The molecule has 40 heavy (non-hydrogen) atoms. The average molecular weight is 519 g/mol. The first-order valence-electron chi connectivity index (χ1n) is 13.6. The Kier molecular flexibility index (Phi) is 5.30. The maximum atomic E-state index is 4.37. The van der Waals surface area contributed by atoms with E-state index in [9.17, 15) is 0 Å². The van der Waals surface area contributed by atoms with Crippen LogP contribution in [0.25, 0.3) is 0 Å². The molecule has 6 nitrogen and oxygen atoms in total. The van der Waals surface area contributed by atoms with E-state index >= 15 is 0 Å². The lowest BCUT2D eigenvalue weighted by molar-refractivity contribution is 0.837. The molecular formula is C34H26N6. The molecule has 8 rings (SSSR count). The molecule has 4 aromatic heterocycles. The van der Waals surface area contributed by atoms with Crippen molar-refractivity contribution in [2.45, 2.75) is 25.2 Å². The zero-order valence-corrected chi connectivity index (χ0v) is 21.9. The van der Waals surface area contributed by atoms with Gasteiger partial charge < -0.3 is 9.80 Å². The Morgan fingerprint density at radius 1 is 0.550 bits per heavy atom. The Labute approximate surface area is 233 Å². The van der Waals surface area contributed by atoms with Gasteiger partial charge in [0.1, 0.15) is 0 Å². The molecule has 1 aliphatic carbocycles. The van der Waals surface area contributed by atoms with Gasteiger partial charge in [-0.2, -0.15) is 0 Å². The lowest BCUT2D eigenvalue weighted by atomic mass is 9.90. The Hall–Kier alpha value is -5.10. The minimum Gasteiger partial charge on any atom is -0.310 e. The second-order valence-corrected chi connectivity index (χ2v) is 10.5. The number of hydrogen-bond acceptors (Lipinski definition) is 6. The number of hydrogen-bond donors (Lipinski definition) is 0. The summed E-state index contributed by atoms with van der Waals surface area (Å²) in [6.07, 6.45) is 25.0. The maximum absolute atomic E-state index is 4.37. The van der Waals surface area contributed by atoms with Crippen LogP contribution in [0.3, 0.4) is 0 Å². The molecule has 192 valence electrons. The van der Waals surface area contributed by atoms with Crippen molar-refractivity contribution in [3.8, 4) is 0 Å². The monoisotopic (exact) mass is 518 g/mol. The molecule has 3 aliphatic rings. The van der Waals surface area contributed by atoms with Crippen molar-refractivity contribution in [2.75, 3.05) is 9.80 Å². The molecule has 0 N–H and O–H groups in total. The normalized spacial score (nSPS) is 16.9. The Morgan fingerprint density at radius 3 is 1.48 bits per heavy atom. The largest absolute Gasteiger partial charge is 0.310 e. The quantitative estimate of drug-likeness (QED) is 0.245. The van der Waals surface area contributed by atoms with Gasteiger partial charge in [-0.15, -0.1) is 0 Å². The molecule has 0 fully saturated rings. The van der Waals surface area contributed by atoms with Gasteiger partial charge >= 0.3 is 0 Å². The summed E-state index contributed by atoms with van der Waals surface area (Å²) in [6, 6.07) is 17.4. The predicted octanol–water partition coefficient (Wildman–Crippen LogP) is 7.31. The summed E-state index contributed by atoms with van der Waals surface area (Å²) in [5, 5.41) is 0. The van der Waals surface area contributed by atoms with Crippen molar-refractivity contribution in [3.05, 3.63) is 150 Å². The Morgan fingerprint density at radius 2 is 1.02 bits per heavy atom. The summed E-state index contributed by atoms with van der Waals surface area (Å²) in [5.41, 5.74) is 13.3. The van der Waals surface area contributed by atoms with Crippen LogP contribution < -0.4 is 9.80 Å². The minimum atomic E-state index is 0.325. The van der Waals surface area contributed by atoms with Gasteiger partial charge in [0.25, 0.3) is 0 Å². The van der Waals surface area contributed by atoms with Crippen LogP contribution in [0.4, 0.5) is 28.4 Å². The van der Waals surface area contributed by atoms with Crippen molar-refractivity contribution >= 4 is 28.4 Å². The third kappa shape index (κ3) is 3.72. The van der Waals surface area contributed by atoms with Crippen LogP contribution >= 0.6 is 0 Å². The number of pyridine rings is 4. The topological polar surface area (TPSA) is 58.0 Å². The highest BCUT2D eigenvalue weighted by Crippen LogP contribution is 2.44. The molecule has 0 radical (unpaired) electrons. The Bertz CT molecular complexity index is 1720. The van der Waals surface area contributed by atoms with Crippen LogP contribution in [0.5, 0.6) is 0 Å². The minimum absolute atomic E-state index is 0.325. The van der Waals surface area contributed by atoms with E-state index in [1.54, 1.807) is 0 Å². The van der Waals surface area contributed by atoms with Crippen LogP contribution in [0.2, 0.25) is 0 Å². The lowest BCUT2D eigenvalue weighted by Crippen LogP contribution is -2.23. The first-order chi connectivity index (χ1) is 19.8. The van der Waals surface area contributed by atoms with Crippen molar-refractivity contribution in [1.29, 1.82) is 0 Å². The number of benzene rings is 1. The molecule has 1 unspecified atom stereocenters. The highest BCUT2D eigenvalue weighted by molar-refractivity contribution is 5.83. The van der Waals surface area contributed by atoms with Crippen molar-refractivity contribution in [2.24, 2.45) is 0 Å². The third-order valence-corrected chi connectivity index (χ3v) is 8.15. The van der Waals surface area contributed by atoms with Crippen LogP contribution in [-0.2, 0) is 12.8 Å². The molecule has 2 aliphatic heterocycles. The molecule has 0 bridgehead atoms. The van der Waals surface area contributed by atoms with Gasteiger partial charge in [-0.3, -0.25) is 19.9 Å². The van der Waals surface area contributed by atoms with Crippen LogP contribution in [-0.4, -0.2) is 19.9 Å². The molecule has 5 aromatic rings. The van der Waals surface area contributed by atoms with Gasteiger partial charge in [0.05, 0.1) is 22.7 Å². The van der Waals surface area contributed by atoms with Crippen molar-refractivity contribution < 1.29 is 0 Å². The molecule has 1 atom stereocenters. The molecule has 1 aromatic carbocycles. The van der Waals surface area contributed by atoms with Gasteiger partial charge in [0.15, 0.2) is 0 Å². The number of aromatic nitrogens is 4. The summed E-state index contributed by atoms with van der Waals surface area (Å²) in [7, 11) is 0. The predicted molar refractivity (Wildman–Crippen MR) is 158 cm³/mol. The number of fused-ring (bicyclic) bond motifs is 4. The SMILES string of the molecule is C1=CC(c2ccc(N3c4ccncc4Cc4cnccc43)cc2)CC=C1N1c2ccncc2Cc2cnccc21. The first kappa shape index (κ1) is 22.8. The van der Waals surface area contributed by atoms with Gasteiger partial charge in [-0.1, -0.05) is 24.3 Å². The highest BCUT2D eigenvalue weighted by atomic mass is 15.2. The zero-order valence-electron chi connectivity index (χ0n) is 21.9. The number of anilines is 5. The summed E-state index contributed by atoms with van der Waals surface area (Å²) < 4.78 is 0. The van der Waals surface area contributed by atoms with E-state index in [1.165, 1.54) is 56.3 Å². The van der Waals surface area contributed by atoms with E-state index in [2.05, 4.69) is 96.5 Å². The standard InChI is InChI=1S/C34H26N6/c1-5-29(39-31-9-13-35-19-25(31)17-26-20-36-14-10-32(26)39)6-2-23(1)24-3-7-30(8-4-24)40-33-11-15-37-21-27(33)18-28-22-38-16-12-34(28)40/h1-3,5-16,19-22,24H,4,17-18H2. The van der Waals surface area contributed by atoms with E-state index in [1.807, 2.05) is 49.6 Å². The van der Waals surface area contributed by atoms with E-state index in [0.29, 0.717) is 5.92 Å². The lowest BCUT2D eigenvalue weighted by Gasteiger charge is -2.35. The fraction of sp³-hybridized carbons (Fsp3) is 0.118. The van der Waals surface area contributed by atoms with E-state index < -0.39 is 0 Å². The highest BCUT2D eigenvalue weighted by Gasteiger charge is 2.27. The summed E-state index contributed by atoms with van der Waals surface area (Å²) in [4.78, 5) is 22.2. The molecule has 0 amide bonds. The third-order valence-electron chi connectivity index (χ3n) is 8.15. The zero-order chi connectivity index (χ0) is 26.5. The van der Waals surface area contributed by atoms with Gasteiger partial charge in [0, 0.05) is 79.7 Å². The fourth-order valence-electron chi connectivity index (χ4n) is 6.22. The molecule has 0 saturated heterocycles. The molecule has 0 spiro atoms. The molecule has 0 saturated carbocycles. The number of allylic oxidation sites excluding steroid dienone is 3. The van der Waals surface area contributed by atoms with E-state index in [0.717, 1.165) is 24.9 Å². The van der Waals surface area contributed by atoms with Crippen LogP contribution in [0.15, 0.2) is 122 Å². The van der Waals surface area contributed by atoms with Gasteiger partial charge in [-0.05, 0) is 76.7 Å². The van der Waals surface area contributed by atoms with Crippen molar-refractivity contribution in [1.82, 2.24) is 19.9 Å². The van der Waals surface area contributed by atoms with E-state index in [-0.39, 0.29) is 0 Å². The van der Waals surface area contributed by atoms with Crippen LogP contribution in [0, 0.1) is 0 Å². The van der Waals surface area contributed by atoms with Crippen LogP contribution in [0.1, 0.15) is 40.2 Å². The summed E-state index contributed by atoms with van der Waals surface area (Å²) >= 11 is 0. The smallest absolute Gasteiger partial charge is 0.0527 e. The summed E-state index contributed by atoms with van der Waals surface area (Å²) in [6.45, 7) is 0. The van der Waals surface area contributed by atoms with E-state index in [4.69, 9.17) is 0 Å². The van der Waals surface area contributed by atoms with Crippen molar-refractivity contribution in [3.63, 3.8) is 0 Å². The van der Waals surface area contributed by atoms with Gasteiger partial charge in [-0.25, -0.2) is 0 Å². The second kappa shape index (κ2) is 9.27. The fourth-order valence-corrected chi connectivity index (χ4v) is 6.22. The average Bonchev–Trinajstić information content (AvgIpc) is 3.03. The van der Waals surface area contributed by atoms with Gasteiger partial charge in [0.2, 0.25) is 0 Å². The Balaban J connectivity index is 1.08. The number of rotatable bonds is 3. The maximum Gasteiger partial charge on any atom is 0.0527 e. The molecule has 6 heteroatoms. The second-order valence-electron chi connectivity index (χ2n) is 10.5. The number of nitrogens with zero attached hydrogens (tertiary/aromatic N) is 6.